The minimum atomic E-state index is -4.58. The van der Waals surface area contributed by atoms with Crippen LogP contribution in [0.3, 0.4) is 0 Å². The van der Waals surface area contributed by atoms with Crippen LogP contribution in [0.5, 0.6) is 0 Å². The molecule has 1 atom stereocenters. The summed E-state index contributed by atoms with van der Waals surface area (Å²) in [7, 11) is 3.52. The molecule has 1 fully saturated rings. The van der Waals surface area contributed by atoms with Crippen molar-refractivity contribution in [1.29, 1.82) is 0 Å². The number of aromatic nitrogens is 1. The maximum Gasteiger partial charge on any atom is 1.00 e. The number of ether oxygens (including phenoxy) is 1. The Kier molecular flexibility index (Phi) is 14.9. The number of aliphatic hydroxyl groups excluding tert-OH is 1. The number of rotatable bonds is 12. The first-order valence-electron chi connectivity index (χ1n) is 12.8. The second-order valence-corrected chi connectivity index (χ2v) is 10.6. The van der Waals surface area contributed by atoms with Crippen LogP contribution in [0.25, 0.3) is 10.9 Å². The molecule has 0 aliphatic heterocycles. The summed E-state index contributed by atoms with van der Waals surface area (Å²) >= 11 is 7.72. The minimum absolute atomic E-state index is 0. The van der Waals surface area contributed by atoms with Gasteiger partial charge in [0.05, 0.1) is 29.4 Å². The summed E-state index contributed by atoms with van der Waals surface area (Å²) in [5, 5.41) is 18.0. The zero-order valence-electron chi connectivity index (χ0n) is 23.8. The number of hydrogen-bond donors (Lipinski definition) is 2. The van der Waals surface area contributed by atoms with Crippen LogP contribution in [0.2, 0.25) is 5.02 Å². The summed E-state index contributed by atoms with van der Waals surface area (Å²) in [5.74, 6) is 7.44. The zero-order chi connectivity index (χ0) is 29.3. The molecule has 0 amide bonds. The predicted molar refractivity (Wildman–Crippen MR) is 155 cm³/mol. The van der Waals surface area contributed by atoms with E-state index >= 15 is 0 Å². The summed E-state index contributed by atoms with van der Waals surface area (Å²) < 4.78 is 46.9. The summed E-state index contributed by atoms with van der Waals surface area (Å²) in [5.41, 5.74) is -0.242. The van der Waals surface area contributed by atoms with Crippen molar-refractivity contribution in [1.82, 2.24) is 15.2 Å². The number of nitrogens with zero attached hydrogens (tertiary/aromatic N) is 3. The van der Waals surface area contributed by atoms with E-state index in [0.29, 0.717) is 17.6 Å². The van der Waals surface area contributed by atoms with E-state index in [9.17, 15) is 18.3 Å². The molecule has 0 spiro atoms. The molecule has 2 N–H and O–H groups in total. The standard InChI is InChI=1S/C29H33ClF3N4O2S.K/c1-5-6-19(2)39-27(34-3)18-37(4)17-24(23-15-21(29(31,32)33)10-12-25(23)30)26(13-14-38)36-28-35-16-22(40-28)11-9-20-7-8-20;/h6,10,12-13,15-17,20,27,34,38H,5,7-8,14,18H2,1-4H3;/q-1;+1/b19-6+,24-17-,26-13+;. The van der Waals surface area contributed by atoms with Crippen LogP contribution in [0.1, 0.15) is 49.1 Å². The predicted octanol–water partition coefficient (Wildman–Crippen LogP) is 4.31. The molecule has 216 valence electrons. The van der Waals surface area contributed by atoms with E-state index in [1.54, 1.807) is 31.4 Å². The van der Waals surface area contributed by atoms with Crippen LogP contribution in [-0.2, 0) is 10.9 Å². The average molecular weight is 633 g/mol. The van der Waals surface area contributed by atoms with Crippen molar-refractivity contribution < 1.29 is 74.4 Å². The van der Waals surface area contributed by atoms with Gasteiger partial charge in [-0.05, 0) is 68.3 Å². The van der Waals surface area contributed by atoms with Gasteiger partial charge >= 0.3 is 57.6 Å². The molecule has 3 rings (SSSR count). The molecule has 41 heavy (non-hydrogen) atoms. The molecule has 1 unspecified atom stereocenters. The molecule has 6 nitrogen and oxygen atoms in total. The fourth-order valence-corrected chi connectivity index (χ4v) is 4.53. The number of allylic oxidation sites excluding steroid dienone is 3. The SMILES string of the molecule is CC/C=C(\C)OC(CN(C)/C=C(\C(=C/CO)[N-]c1ncc(C#CC2CC2)s1)c1cc(C(F)(F)F)ccc1Cl)NC.[K+]. The van der Waals surface area contributed by atoms with Crippen molar-refractivity contribution >= 4 is 33.6 Å². The van der Waals surface area contributed by atoms with Gasteiger partial charge in [-0.1, -0.05) is 42.6 Å². The van der Waals surface area contributed by atoms with Crippen molar-refractivity contribution in [2.75, 3.05) is 27.2 Å². The third-order valence-corrected chi connectivity index (χ3v) is 6.91. The maximum absolute atomic E-state index is 13.7. The molecule has 1 aromatic carbocycles. The van der Waals surface area contributed by atoms with Gasteiger partial charge in [0.2, 0.25) is 0 Å². The topological polar surface area (TPSA) is 71.7 Å². The van der Waals surface area contributed by atoms with Gasteiger partial charge < -0.3 is 25.0 Å². The Labute approximate surface area is 291 Å². The van der Waals surface area contributed by atoms with Crippen LogP contribution >= 0.6 is 22.9 Å². The molecule has 0 saturated heterocycles. The number of nitrogens with one attached hydrogen (secondary N) is 1. The molecule has 1 heterocycles. The van der Waals surface area contributed by atoms with E-state index in [0.717, 1.165) is 42.0 Å². The van der Waals surface area contributed by atoms with E-state index in [-0.39, 0.29) is 73.2 Å². The van der Waals surface area contributed by atoms with Crippen LogP contribution in [0.4, 0.5) is 18.3 Å². The Balaban J connectivity index is 0.00000588. The van der Waals surface area contributed by atoms with Gasteiger partial charge in [-0.15, -0.1) is 11.3 Å². The van der Waals surface area contributed by atoms with Crippen LogP contribution in [-0.4, -0.2) is 48.5 Å². The van der Waals surface area contributed by atoms with Crippen LogP contribution in [0.15, 0.2) is 54.2 Å². The van der Waals surface area contributed by atoms with Crippen molar-refractivity contribution in [3.63, 3.8) is 0 Å². The van der Waals surface area contributed by atoms with E-state index in [1.165, 1.54) is 23.5 Å². The normalized spacial score (nSPS) is 15.0. The first kappa shape index (κ1) is 35.9. The van der Waals surface area contributed by atoms with Crippen molar-refractivity contribution in [3.8, 4) is 11.8 Å². The molecule has 0 bridgehead atoms. The van der Waals surface area contributed by atoms with Gasteiger partial charge in [0.25, 0.3) is 0 Å². The molecule has 1 saturated carbocycles. The molecular formula is C29H33ClF3KN4O2S. The third kappa shape index (κ3) is 11.7. The van der Waals surface area contributed by atoms with Gasteiger partial charge in [-0.3, -0.25) is 5.32 Å². The van der Waals surface area contributed by atoms with Gasteiger partial charge in [0, 0.05) is 35.3 Å². The van der Waals surface area contributed by atoms with Gasteiger partial charge in [0.15, 0.2) is 6.23 Å². The Morgan fingerprint density at radius 1 is 1.37 bits per heavy atom. The van der Waals surface area contributed by atoms with Gasteiger partial charge in [0.1, 0.15) is 0 Å². The molecule has 1 aliphatic carbocycles. The smallest absolute Gasteiger partial charge is 0.478 e. The van der Waals surface area contributed by atoms with Crippen molar-refractivity contribution in [2.24, 2.45) is 5.92 Å². The molecule has 0 radical (unpaired) electrons. The van der Waals surface area contributed by atoms with E-state index < -0.39 is 24.6 Å². The largest absolute Gasteiger partial charge is 1.00 e. The Morgan fingerprint density at radius 2 is 2.10 bits per heavy atom. The van der Waals surface area contributed by atoms with Crippen molar-refractivity contribution in [3.05, 3.63) is 80.5 Å². The van der Waals surface area contributed by atoms with E-state index in [4.69, 9.17) is 16.3 Å². The average Bonchev–Trinajstić information content (AvgIpc) is 3.62. The minimum Gasteiger partial charge on any atom is -0.478 e. The number of thiazole rings is 1. The monoisotopic (exact) mass is 632 g/mol. The second-order valence-electron chi connectivity index (χ2n) is 9.23. The molecule has 2 aromatic rings. The van der Waals surface area contributed by atoms with Gasteiger partial charge in [-0.2, -0.15) is 13.2 Å². The summed E-state index contributed by atoms with van der Waals surface area (Å²) in [6, 6.07) is 3.12. The number of benzene rings is 1. The molecule has 1 aromatic heterocycles. The number of aliphatic hydroxyl groups is 1. The Hall–Kier alpha value is -1.33. The second kappa shape index (κ2) is 17.1. The molecule has 12 heteroatoms. The number of hydrogen-bond acceptors (Lipinski definition) is 6. The van der Waals surface area contributed by atoms with Crippen LogP contribution in [0, 0.1) is 17.8 Å². The fraction of sp³-hybridized carbons (Fsp3) is 0.414. The summed E-state index contributed by atoms with van der Waals surface area (Å²) in [4.78, 5) is 6.82. The molecule has 1 aliphatic rings. The third-order valence-electron chi connectivity index (χ3n) is 5.78. The number of likely N-dealkylation sites (N-methyl/N-ethyl adjacent to an activating group) is 2. The number of alkyl halides is 3. The first-order chi connectivity index (χ1) is 19.0. The van der Waals surface area contributed by atoms with Crippen molar-refractivity contribution in [2.45, 2.75) is 45.5 Å². The van der Waals surface area contributed by atoms with Crippen LogP contribution < -0.4 is 56.7 Å². The van der Waals surface area contributed by atoms with E-state index in [1.807, 2.05) is 19.9 Å². The number of halogens is 4. The maximum atomic E-state index is 13.7. The Morgan fingerprint density at radius 3 is 2.71 bits per heavy atom. The fourth-order valence-electron chi connectivity index (χ4n) is 3.64. The van der Waals surface area contributed by atoms with Gasteiger partial charge in [-0.25, -0.2) is 0 Å². The summed E-state index contributed by atoms with van der Waals surface area (Å²) in [6.45, 7) is 3.80. The quantitative estimate of drug-likeness (QED) is 0.120. The van der Waals surface area contributed by atoms with E-state index in [2.05, 4.69) is 27.5 Å². The first-order valence-corrected chi connectivity index (χ1v) is 14.0. The summed E-state index contributed by atoms with van der Waals surface area (Å²) in [6.07, 6.45) is 4.64. The Bertz CT molecular complexity index is 1310. The zero-order valence-corrected chi connectivity index (χ0v) is 28.5. The molecular weight excluding hydrogens is 600 g/mol.